The second-order valence-electron chi connectivity index (χ2n) is 12.5. The van der Waals surface area contributed by atoms with Gasteiger partial charge in [-0.05, 0) is 54.6 Å². The summed E-state index contributed by atoms with van der Waals surface area (Å²) in [6, 6.07) is 2.95. The van der Waals surface area contributed by atoms with Gasteiger partial charge in [0.2, 0.25) is 0 Å². The van der Waals surface area contributed by atoms with Crippen LogP contribution < -0.4 is 10.2 Å². The summed E-state index contributed by atoms with van der Waals surface area (Å²) in [6.07, 6.45) is 2.35. The molecule has 212 valence electrons. The number of halogens is 1. The monoisotopic (exact) mass is 545 g/mol. The van der Waals surface area contributed by atoms with Gasteiger partial charge in [-0.1, -0.05) is 33.8 Å². The smallest absolute Gasteiger partial charge is 0.479 e. The highest BCUT2D eigenvalue weighted by Gasteiger charge is 2.68. The van der Waals surface area contributed by atoms with Crippen molar-refractivity contribution in [2.45, 2.75) is 78.6 Å². The van der Waals surface area contributed by atoms with Crippen LogP contribution in [-0.4, -0.2) is 59.2 Å². The van der Waals surface area contributed by atoms with Gasteiger partial charge in [-0.15, -0.1) is 5.16 Å². The number of rotatable bonds is 5. The molecule has 8 atom stereocenters. The molecule has 0 aromatic heterocycles. The number of hydrogen-bond acceptors (Lipinski definition) is 9. The van der Waals surface area contributed by atoms with Crippen molar-refractivity contribution in [2.75, 3.05) is 6.61 Å². The maximum atomic E-state index is 14.9. The number of hydrogen-bond donors (Lipinski definition) is 3. The average Bonchev–Trinajstić information content (AvgIpc) is 3.45. The third-order valence-corrected chi connectivity index (χ3v) is 10.7. The van der Waals surface area contributed by atoms with Crippen molar-refractivity contribution in [3.05, 3.63) is 23.5 Å². The molecule has 11 heteroatoms. The molecule has 1 heterocycles. The van der Waals surface area contributed by atoms with Crippen molar-refractivity contribution in [1.29, 1.82) is 0 Å². The Morgan fingerprint density at radius 1 is 1.31 bits per heavy atom. The molecule has 9 nitrogen and oxygen atoms in total. The van der Waals surface area contributed by atoms with Gasteiger partial charge in [0.15, 0.2) is 18.2 Å². The van der Waals surface area contributed by atoms with E-state index in [2.05, 4.69) is 12.1 Å². The summed E-state index contributed by atoms with van der Waals surface area (Å²) in [6.45, 7) is 7.30. The first kappa shape index (κ1) is 28.0. The number of fused-ring (bicyclic) bond motifs is 1. The Morgan fingerprint density at radius 2 is 2.05 bits per heavy atom. The first-order chi connectivity index (χ1) is 18.4. The number of carbonyl (C=O) groups is 2. The number of aliphatic hydroxyl groups excluding tert-OH is 1. The Morgan fingerprint density at radius 3 is 2.77 bits per heavy atom. The number of Topliss-reactive ketones (excluding diaryl/α,β-unsaturated/α-hetero) is 1. The minimum Gasteiger partial charge on any atom is -0.479 e. The summed E-state index contributed by atoms with van der Waals surface area (Å²) in [5.41, 5.74) is -1.74. The van der Waals surface area contributed by atoms with Crippen LogP contribution in [0.1, 0.15) is 65.4 Å². The Bertz CT molecular complexity index is 1200. The first-order valence-corrected chi connectivity index (χ1v) is 13.7. The van der Waals surface area contributed by atoms with Crippen molar-refractivity contribution in [3.63, 3.8) is 0 Å². The molecule has 3 aliphatic carbocycles. The van der Waals surface area contributed by atoms with Gasteiger partial charge in [-0.25, -0.2) is 9.18 Å². The molecular weight excluding hydrogens is 508 g/mol. The van der Waals surface area contributed by atoms with E-state index in [1.165, 1.54) is 12.3 Å². The number of oxime groups is 1. The molecule has 1 aliphatic heterocycles. The van der Waals surface area contributed by atoms with Crippen molar-refractivity contribution in [3.8, 4) is 5.75 Å². The predicted molar refractivity (Wildman–Crippen MR) is 139 cm³/mol. The van der Waals surface area contributed by atoms with Crippen LogP contribution in [0.4, 0.5) is 4.39 Å². The van der Waals surface area contributed by atoms with Crippen LogP contribution in [0.2, 0.25) is 0 Å². The molecule has 39 heavy (non-hydrogen) atoms. The average molecular weight is 545 g/mol. The van der Waals surface area contributed by atoms with Crippen molar-refractivity contribution >= 4 is 30.5 Å². The van der Waals surface area contributed by atoms with E-state index >= 15 is 0 Å². The maximum absolute atomic E-state index is 14.9. The number of aliphatic hydroxyl groups is 1. The summed E-state index contributed by atoms with van der Waals surface area (Å²) in [5.74, 6) is -2.25. The van der Waals surface area contributed by atoms with Gasteiger partial charge in [-0.2, -0.15) is 0 Å². The lowest BCUT2D eigenvalue weighted by molar-refractivity contribution is -0.205. The van der Waals surface area contributed by atoms with Crippen molar-refractivity contribution < 1.29 is 43.4 Å². The van der Waals surface area contributed by atoms with Gasteiger partial charge < -0.3 is 29.5 Å². The minimum atomic E-state index is -1.40. The molecule has 3 N–H and O–H groups in total. The minimum absolute atomic E-state index is 0.0114. The van der Waals surface area contributed by atoms with Crippen molar-refractivity contribution in [2.24, 2.45) is 39.2 Å². The molecule has 0 amide bonds. The maximum Gasteiger partial charge on any atom is 0.494 e. The first-order valence-electron chi connectivity index (χ1n) is 13.7. The number of carbonyl (C=O) groups excluding carboxylic acids is 2. The van der Waals surface area contributed by atoms with E-state index in [-0.39, 0.29) is 41.9 Å². The largest absolute Gasteiger partial charge is 0.494 e. The summed E-state index contributed by atoms with van der Waals surface area (Å²) in [4.78, 5) is 26.7. The van der Waals surface area contributed by atoms with Gasteiger partial charge in [0.1, 0.15) is 11.9 Å². The standard InChI is InChI=1S/C28H37BFNO8/c1-15-7-9-28-10-8-18(32)24(28)27(15,4)20(11-26(3,14-31-36)25(34)16(28)2)39-21(33)13-37-19-6-5-17-12-38-29(35)22(17)23(19)30/h5-6,14-16,20,24-25,34-36H,7-13H2,1-4H3/b31-14-/t15-,16+,20-,24+,25+,26+,27+,28+/m1/s1. The zero-order valence-corrected chi connectivity index (χ0v) is 22.9. The molecule has 3 fully saturated rings. The van der Waals surface area contributed by atoms with Gasteiger partial charge in [-0.3, -0.25) is 4.79 Å². The van der Waals surface area contributed by atoms with Crippen LogP contribution in [0.15, 0.2) is 17.3 Å². The number of ether oxygens (including phenoxy) is 2. The molecule has 4 aliphatic rings. The Labute approximate surface area is 227 Å². The van der Waals surface area contributed by atoms with Gasteiger partial charge in [0.25, 0.3) is 0 Å². The highest BCUT2D eigenvalue weighted by atomic mass is 19.1. The molecule has 1 aromatic carbocycles. The van der Waals surface area contributed by atoms with E-state index in [1.807, 2.05) is 13.8 Å². The molecule has 2 bridgehead atoms. The van der Waals surface area contributed by atoms with Gasteiger partial charge in [0, 0.05) is 28.6 Å². The van der Waals surface area contributed by atoms with E-state index in [4.69, 9.17) is 14.1 Å². The summed E-state index contributed by atoms with van der Waals surface area (Å²) in [5, 5.41) is 34.3. The van der Waals surface area contributed by atoms with Crippen LogP contribution in [0.3, 0.4) is 0 Å². The van der Waals surface area contributed by atoms with Crippen LogP contribution in [0.5, 0.6) is 5.75 Å². The van der Waals surface area contributed by atoms with E-state index in [0.717, 1.165) is 12.8 Å². The quantitative estimate of drug-likeness (QED) is 0.169. The van der Waals surface area contributed by atoms with E-state index in [9.17, 15) is 29.3 Å². The molecule has 3 saturated carbocycles. The normalized spacial score (nSPS) is 39.7. The molecule has 0 unspecified atom stereocenters. The number of benzene rings is 1. The van der Waals surface area contributed by atoms with Crippen LogP contribution >= 0.6 is 0 Å². The van der Waals surface area contributed by atoms with E-state index in [0.29, 0.717) is 18.4 Å². The highest BCUT2D eigenvalue weighted by Crippen LogP contribution is 2.67. The molecule has 1 aromatic rings. The second kappa shape index (κ2) is 9.85. The fraction of sp³-hybridized carbons (Fsp3) is 0.679. The van der Waals surface area contributed by atoms with Gasteiger partial charge in [0.05, 0.1) is 18.9 Å². The second-order valence-corrected chi connectivity index (χ2v) is 12.5. The highest BCUT2D eigenvalue weighted by molar-refractivity contribution is 6.61. The van der Waals surface area contributed by atoms with Crippen LogP contribution in [0, 0.1) is 39.8 Å². The third-order valence-electron chi connectivity index (χ3n) is 10.7. The fourth-order valence-corrected chi connectivity index (χ4v) is 8.26. The summed E-state index contributed by atoms with van der Waals surface area (Å²) < 4.78 is 31.6. The number of esters is 1. The number of nitrogens with zero attached hydrogens (tertiary/aromatic N) is 1. The zero-order valence-electron chi connectivity index (χ0n) is 22.9. The molecule has 5 rings (SSSR count). The fourth-order valence-electron chi connectivity index (χ4n) is 8.26. The molecular formula is C28H37BFNO8. The van der Waals surface area contributed by atoms with Gasteiger partial charge >= 0.3 is 13.1 Å². The molecule has 0 spiro atoms. The lowest BCUT2D eigenvalue weighted by Gasteiger charge is -2.61. The Hall–Kier alpha value is -2.50. The van der Waals surface area contributed by atoms with Crippen LogP contribution in [0.25, 0.3) is 0 Å². The van der Waals surface area contributed by atoms with Crippen molar-refractivity contribution in [1.82, 2.24) is 0 Å². The Balaban J connectivity index is 1.46. The molecule has 0 radical (unpaired) electrons. The number of ketones is 1. The SMILES string of the molecule is C[C@@H]1CC[C@@]23CCC(=O)[C@H]2[C@]1(C)[C@H](OC(=O)COc1ccc2c(c1F)B(O)OC2)C[C@@](C)(/C=N\O)[C@@H](O)[C@@H]3C. The molecule has 0 saturated heterocycles. The summed E-state index contributed by atoms with van der Waals surface area (Å²) in [7, 11) is -1.40. The Kier molecular flexibility index (Phi) is 7.09. The lowest BCUT2D eigenvalue weighted by atomic mass is 9.44. The van der Waals surface area contributed by atoms with Crippen LogP contribution in [-0.2, 0) is 25.6 Å². The lowest BCUT2D eigenvalue weighted by Crippen LogP contribution is -2.63. The predicted octanol–water partition coefficient (Wildman–Crippen LogP) is 2.60. The van der Waals surface area contributed by atoms with E-state index < -0.39 is 59.9 Å². The summed E-state index contributed by atoms with van der Waals surface area (Å²) >= 11 is 0. The van der Waals surface area contributed by atoms with E-state index in [1.54, 1.807) is 13.0 Å². The zero-order chi connectivity index (χ0) is 28.3. The third kappa shape index (κ3) is 4.19. The topological polar surface area (TPSA) is 135 Å².